The number of nitrogens with one attached hydrogen (secondary N) is 1. The van der Waals surface area contributed by atoms with Crippen LogP contribution in [0.1, 0.15) is 31.9 Å². The molecular weight excluding hydrogens is 271 g/mol. The van der Waals surface area contributed by atoms with E-state index in [-0.39, 0.29) is 17.9 Å². The summed E-state index contributed by atoms with van der Waals surface area (Å²) in [6, 6.07) is 4.05. The van der Waals surface area contributed by atoms with Gasteiger partial charge in [-0.2, -0.15) is 13.2 Å². The third kappa shape index (κ3) is 4.85. The maximum atomic E-state index is 13.1. The van der Waals surface area contributed by atoms with Gasteiger partial charge in [0.1, 0.15) is 12.1 Å². The van der Waals surface area contributed by atoms with Crippen LogP contribution in [0.15, 0.2) is 30.3 Å². The van der Waals surface area contributed by atoms with Crippen molar-refractivity contribution in [2.75, 3.05) is 0 Å². The Morgan fingerprint density at radius 3 is 2.20 bits per heavy atom. The summed E-state index contributed by atoms with van der Waals surface area (Å²) in [7, 11) is 0. The average molecular weight is 289 g/mol. The summed E-state index contributed by atoms with van der Waals surface area (Å²) < 4.78 is 39.3. The molecule has 0 aromatic heterocycles. The highest BCUT2D eigenvalue weighted by molar-refractivity contribution is 5.73. The number of carbonyl (C=O) groups is 1. The van der Waals surface area contributed by atoms with Gasteiger partial charge in [0, 0.05) is 0 Å². The number of hydrogen-bond acceptors (Lipinski definition) is 2. The van der Waals surface area contributed by atoms with Crippen molar-refractivity contribution in [1.29, 1.82) is 0 Å². The first-order chi connectivity index (χ1) is 9.21. The molecule has 2 atom stereocenters. The molecular formula is C14H18F3NO2. The van der Waals surface area contributed by atoms with Crippen LogP contribution in [0.4, 0.5) is 13.2 Å². The van der Waals surface area contributed by atoms with Gasteiger partial charge in [-0.1, -0.05) is 44.2 Å². The molecule has 0 unspecified atom stereocenters. The van der Waals surface area contributed by atoms with E-state index in [1.54, 1.807) is 19.9 Å². The van der Waals surface area contributed by atoms with Crippen LogP contribution < -0.4 is 5.32 Å². The van der Waals surface area contributed by atoms with Gasteiger partial charge in [-0.25, -0.2) is 0 Å². The summed E-state index contributed by atoms with van der Waals surface area (Å²) in [4.78, 5) is 11.1. The van der Waals surface area contributed by atoms with E-state index in [1.165, 1.54) is 24.3 Å². The van der Waals surface area contributed by atoms with E-state index in [9.17, 15) is 18.0 Å². The minimum absolute atomic E-state index is 0.00926. The lowest BCUT2D eigenvalue weighted by molar-refractivity contribution is -0.163. The molecule has 0 aliphatic heterocycles. The predicted molar refractivity (Wildman–Crippen MR) is 69.3 cm³/mol. The summed E-state index contributed by atoms with van der Waals surface area (Å²) in [6.07, 6.45) is -4.42. The van der Waals surface area contributed by atoms with Crippen molar-refractivity contribution in [2.45, 2.75) is 38.5 Å². The van der Waals surface area contributed by atoms with Crippen LogP contribution >= 0.6 is 0 Å². The number of aliphatic carboxylic acids is 1. The van der Waals surface area contributed by atoms with Crippen LogP contribution in [0.25, 0.3) is 0 Å². The molecule has 0 aliphatic carbocycles. The van der Waals surface area contributed by atoms with Crippen LogP contribution in [-0.2, 0) is 4.79 Å². The maximum absolute atomic E-state index is 13.1. The third-order valence-corrected chi connectivity index (χ3v) is 2.83. The molecule has 0 saturated heterocycles. The molecule has 112 valence electrons. The number of alkyl halides is 3. The van der Waals surface area contributed by atoms with Gasteiger partial charge >= 0.3 is 12.1 Å². The van der Waals surface area contributed by atoms with Crippen LogP contribution in [-0.4, -0.2) is 23.3 Å². The van der Waals surface area contributed by atoms with Gasteiger partial charge < -0.3 is 5.11 Å². The standard InChI is InChI=1S/C14H18F3NO2/c1-9(2)8-11(13(19)20)18-12(14(15,16)17)10-6-4-3-5-7-10/h3-7,9,11-12,18H,8H2,1-2H3,(H,19,20)/t11-,12-/m0/s1. The fraction of sp³-hybridized carbons (Fsp3) is 0.500. The number of rotatable bonds is 6. The Balaban J connectivity index is 2.98. The van der Waals surface area contributed by atoms with Crippen molar-refractivity contribution in [3.05, 3.63) is 35.9 Å². The number of benzene rings is 1. The number of carboxylic acid groups (broad SMARTS) is 1. The molecule has 0 spiro atoms. The van der Waals surface area contributed by atoms with Crippen molar-refractivity contribution in [3.63, 3.8) is 0 Å². The number of halogens is 3. The molecule has 6 heteroatoms. The first kappa shape index (κ1) is 16.5. The summed E-state index contributed by atoms with van der Waals surface area (Å²) in [5.41, 5.74) is 0.00926. The molecule has 1 aromatic carbocycles. The van der Waals surface area contributed by atoms with Gasteiger partial charge in [-0.05, 0) is 17.9 Å². The summed E-state index contributed by atoms with van der Waals surface area (Å²) >= 11 is 0. The maximum Gasteiger partial charge on any atom is 0.407 e. The summed E-state index contributed by atoms with van der Waals surface area (Å²) in [5, 5.41) is 11.3. The zero-order chi connectivity index (χ0) is 15.3. The fourth-order valence-corrected chi connectivity index (χ4v) is 1.94. The van der Waals surface area contributed by atoms with E-state index < -0.39 is 24.2 Å². The Bertz CT molecular complexity index is 432. The lowest BCUT2D eigenvalue weighted by Crippen LogP contribution is -2.45. The topological polar surface area (TPSA) is 49.3 Å². The first-order valence-electron chi connectivity index (χ1n) is 6.32. The summed E-state index contributed by atoms with van der Waals surface area (Å²) in [5.74, 6) is -1.29. The zero-order valence-corrected chi connectivity index (χ0v) is 11.3. The Morgan fingerprint density at radius 1 is 1.25 bits per heavy atom. The second-order valence-corrected chi connectivity index (χ2v) is 5.07. The van der Waals surface area contributed by atoms with E-state index >= 15 is 0 Å². The molecule has 1 rings (SSSR count). The minimum Gasteiger partial charge on any atom is -0.480 e. The van der Waals surface area contributed by atoms with Gasteiger partial charge in [0.25, 0.3) is 0 Å². The van der Waals surface area contributed by atoms with Gasteiger partial charge in [-0.3, -0.25) is 10.1 Å². The molecule has 20 heavy (non-hydrogen) atoms. The number of carboxylic acids is 1. The van der Waals surface area contributed by atoms with Crippen molar-refractivity contribution in [3.8, 4) is 0 Å². The van der Waals surface area contributed by atoms with Crippen LogP contribution in [0.5, 0.6) is 0 Å². The van der Waals surface area contributed by atoms with Crippen LogP contribution in [0.3, 0.4) is 0 Å². The molecule has 0 radical (unpaired) electrons. The van der Waals surface area contributed by atoms with Crippen molar-refractivity contribution in [2.24, 2.45) is 5.92 Å². The smallest absolute Gasteiger partial charge is 0.407 e. The lowest BCUT2D eigenvalue weighted by atomic mass is 10.0. The van der Waals surface area contributed by atoms with Gasteiger partial charge in [0.05, 0.1) is 0 Å². The Labute approximate surface area is 115 Å². The van der Waals surface area contributed by atoms with Gasteiger partial charge in [-0.15, -0.1) is 0 Å². The van der Waals surface area contributed by atoms with E-state index in [4.69, 9.17) is 5.11 Å². The molecule has 0 amide bonds. The largest absolute Gasteiger partial charge is 0.480 e. The SMILES string of the molecule is CC(C)C[C@H](N[C@@H](c1ccccc1)C(F)(F)F)C(=O)O. The molecule has 0 fully saturated rings. The van der Waals surface area contributed by atoms with Gasteiger partial charge in [0.15, 0.2) is 0 Å². The van der Waals surface area contributed by atoms with E-state index in [1.807, 2.05) is 0 Å². The normalized spacial score (nSPS) is 15.1. The minimum atomic E-state index is -4.55. The lowest BCUT2D eigenvalue weighted by Gasteiger charge is -2.26. The third-order valence-electron chi connectivity index (χ3n) is 2.83. The quantitative estimate of drug-likeness (QED) is 0.844. The Hall–Kier alpha value is -1.56. The Kier molecular flexibility index (Phi) is 5.56. The zero-order valence-electron chi connectivity index (χ0n) is 11.3. The first-order valence-corrected chi connectivity index (χ1v) is 6.32. The van der Waals surface area contributed by atoms with Crippen LogP contribution in [0, 0.1) is 5.92 Å². The second kappa shape index (κ2) is 6.74. The van der Waals surface area contributed by atoms with Crippen molar-refractivity contribution in [1.82, 2.24) is 5.32 Å². The molecule has 2 N–H and O–H groups in total. The summed E-state index contributed by atoms with van der Waals surface area (Å²) in [6.45, 7) is 3.53. The fourth-order valence-electron chi connectivity index (χ4n) is 1.94. The van der Waals surface area contributed by atoms with E-state index in [2.05, 4.69) is 5.32 Å². The van der Waals surface area contributed by atoms with Crippen LogP contribution in [0.2, 0.25) is 0 Å². The molecule has 0 heterocycles. The molecule has 1 aromatic rings. The van der Waals surface area contributed by atoms with Crippen molar-refractivity contribution < 1.29 is 23.1 Å². The monoisotopic (exact) mass is 289 g/mol. The highest BCUT2D eigenvalue weighted by Crippen LogP contribution is 2.33. The molecule has 3 nitrogen and oxygen atoms in total. The van der Waals surface area contributed by atoms with E-state index in [0.29, 0.717) is 0 Å². The number of hydrogen-bond donors (Lipinski definition) is 2. The molecule has 0 saturated carbocycles. The highest BCUT2D eigenvalue weighted by Gasteiger charge is 2.42. The predicted octanol–water partition coefficient (Wildman–Crippen LogP) is 3.38. The second-order valence-electron chi connectivity index (χ2n) is 5.07. The Morgan fingerprint density at radius 2 is 1.80 bits per heavy atom. The highest BCUT2D eigenvalue weighted by atomic mass is 19.4. The van der Waals surface area contributed by atoms with Crippen molar-refractivity contribution >= 4 is 5.97 Å². The average Bonchev–Trinajstić information content (AvgIpc) is 2.33. The van der Waals surface area contributed by atoms with E-state index in [0.717, 1.165) is 0 Å². The molecule has 0 aliphatic rings. The molecule has 0 bridgehead atoms. The van der Waals surface area contributed by atoms with Gasteiger partial charge in [0.2, 0.25) is 0 Å².